The van der Waals surface area contributed by atoms with Crippen LogP contribution >= 0.6 is 0 Å². The molecule has 4 nitrogen and oxygen atoms in total. The highest BCUT2D eigenvalue weighted by Crippen LogP contribution is 2.40. The number of likely N-dealkylation sites (tertiary alicyclic amines) is 1. The standard InChI is InChI=1S/C31H38N2O2/c34-31(26-11-9-24(10-12-26)23-7-8-23)32-27-13-5-22(6-14-27)15-18-33-19-16-25(17-20-33)29-21-35-30-4-2-1-3-28(29)30/h1-4,9-12,21-23,25,27H,5-8,13-20H2,(H,32,34)/t22-,27-. The molecule has 1 N–H and O–H groups in total. The molecule has 0 bridgehead atoms. The molecule has 1 saturated heterocycles. The average Bonchev–Trinajstić information content (AvgIpc) is 3.67. The van der Waals surface area contributed by atoms with Crippen molar-refractivity contribution in [1.29, 1.82) is 0 Å². The third-order valence-electron chi connectivity index (χ3n) is 8.80. The van der Waals surface area contributed by atoms with Crippen molar-refractivity contribution >= 4 is 16.9 Å². The molecule has 0 spiro atoms. The van der Waals surface area contributed by atoms with Crippen LogP contribution in [0.5, 0.6) is 0 Å². The predicted octanol–water partition coefficient (Wildman–Crippen LogP) is 6.87. The number of hydrogen-bond acceptors (Lipinski definition) is 3. The van der Waals surface area contributed by atoms with Gasteiger partial charge in [0.1, 0.15) is 5.58 Å². The minimum atomic E-state index is 0.101. The van der Waals surface area contributed by atoms with Crippen LogP contribution in [0.1, 0.15) is 91.1 Å². The van der Waals surface area contributed by atoms with Gasteiger partial charge in [0.15, 0.2) is 0 Å². The Kier molecular flexibility index (Phi) is 6.65. The minimum Gasteiger partial charge on any atom is -0.464 e. The number of hydrogen-bond donors (Lipinski definition) is 1. The second-order valence-corrected chi connectivity index (χ2v) is 11.2. The van der Waals surface area contributed by atoms with Crippen molar-refractivity contribution in [3.8, 4) is 0 Å². The summed E-state index contributed by atoms with van der Waals surface area (Å²) in [7, 11) is 0. The maximum absolute atomic E-state index is 12.7. The van der Waals surface area contributed by atoms with Gasteiger partial charge in [-0.05, 0) is 119 Å². The van der Waals surface area contributed by atoms with Crippen molar-refractivity contribution in [2.24, 2.45) is 5.92 Å². The van der Waals surface area contributed by atoms with Gasteiger partial charge >= 0.3 is 0 Å². The highest BCUT2D eigenvalue weighted by Gasteiger charge is 2.27. The minimum absolute atomic E-state index is 0.101. The Morgan fingerprint density at radius 3 is 2.34 bits per heavy atom. The number of carbonyl (C=O) groups excluding carboxylic acids is 1. The fourth-order valence-electron chi connectivity index (χ4n) is 6.33. The highest BCUT2D eigenvalue weighted by molar-refractivity contribution is 5.94. The lowest BCUT2D eigenvalue weighted by molar-refractivity contribution is 0.0919. The zero-order valence-corrected chi connectivity index (χ0v) is 20.8. The summed E-state index contributed by atoms with van der Waals surface area (Å²) in [4.78, 5) is 15.3. The summed E-state index contributed by atoms with van der Waals surface area (Å²) in [6, 6.07) is 17.1. The molecular formula is C31H38N2O2. The Labute approximate surface area is 209 Å². The van der Waals surface area contributed by atoms with Gasteiger partial charge in [-0.3, -0.25) is 4.79 Å². The van der Waals surface area contributed by atoms with E-state index < -0.39 is 0 Å². The van der Waals surface area contributed by atoms with E-state index in [1.54, 1.807) is 0 Å². The van der Waals surface area contributed by atoms with Gasteiger partial charge in [-0.2, -0.15) is 0 Å². The molecule has 0 atom stereocenters. The normalized spacial score (nSPS) is 24.0. The van der Waals surface area contributed by atoms with Crippen molar-refractivity contribution in [2.75, 3.05) is 19.6 Å². The summed E-state index contributed by atoms with van der Waals surface area (Å²) < 4.78 is 5.79. The van der Waals surface area contributed by atoms with Crippen LogP contribution in [0.15, 0.2) is 59.2 Å². The number of nitrogens with zero attached hydrogens (tertiary/aromatic N) is 1. The molecule has 1 aromatic heterocycles. The average molecular weight is 471 g/mol. The van der Waals surface area contributed by atoms with Crippen LogP contribution in [0, 0.1) is 5.92 Å². The third-order valence-corrected chi connectivity index (χ3v) is 8.80. The van der Waals surface area contributed by atoms with Crippen molar-refractivity contribution in [2.45, 2.75) is 75.7 Å². The molecule has 3 aliphatic rings. The van der Waals surface area contributed by atoms with Crippen LogP contribution in [0.4, 0.5) is 0 Å². The van der Waals surface area contributed by atoms with Gasteiger partial charge in [0.25, 0.3) is 5.91 Å². The molecule has 2 heterocycles. The molecule has 2 aromatic carbocycles. The van der Waals surface area contributed by atoms with Gasteiger partial charge in [0.05, 0.1) is 6.26 Å². The first kappa shape index (κ1) is 22.8. The van der Waals surface area contributed by atoms with Crippen LogP contribution in [0.3, 0.4) is 0 Å². The number of furan rings is 1. The molecule has 4 heteroatoms. The van der Waals surface area contributed by atoms with Crippen LogP contribution in [-0.4, -0.2) is 36.5 Å². The lowest BCUT2D eigenvalue weighted by Crippen LogP contribution is -2.38. The number of benzene rings is 2. The van der Waals surface area contributed by atoms with Gasteiger partial charge in [-0.15, -0.1) is 0 Å². The summed E-state index contributed by atoms with van der Waals surface area (Å²) in [5, 5.41) is 4.60. The first-order chi connectivity index (χ1) is 17.2. The number of rotatable bonds is 7. The van der Waals surface area contributed by atoms with E-state index in [9.17, 15) is 4.79 Å². The largest absolute Gasteiger partial charge is 0.464 e. The summed E-state index contributed by atoms with van der Waals surface area (Å²) in [5.74, 6) is 2.27. The van der Waals surface area contributed by atoms with E-state index in [4.69, 9.17) is 4.42 Å². The molecule has 35 heavy (non-hydrogen) atoms. The zero-order chi connectivity index (χ0) is 23.6. The Bertz CT molecular complexity index is 1130. The Balaban J connectivity index is 0.910. The molecule has 3 aromatic rings. The number of nitrogens with one attached hydrogen (secondary N) is 1. The molecule has 2 aliphatic carbocycles. The molecule has 0 unspecified atom stereocenters. The fraction of sp³-hybridized carbons (Fsp3) is 0.516. The van der Waals surface area contributed by atoms with Crippen molar-refractivity contribution in [3.05, 3.63) is 71.5 Å². The molecular weight excluding hydrogens is 432 g/mol. The van der Waals surface area contributed by atoms with Crippen molar-refractivity contribution in [3.63, 3.8) is 0 Å². The smallest absolute Gasteiger partial charge is 0.251 e. The maximum Gasteiger partial charge on any atom is 0.251 e. The van der Waals surface area contributed by atoms with Crippen molar-refractivity contribution in [1.82, 2.24) is 10.2 Å². The lowest BCUT2D eigenvalue weighted by Gasteiger charge is -2.34. The van der Waals surface area contributed by atoms with Crippen LogP contribution in [0.25, 0.3) is 11.0 Å². The van der Waals surface area contributed by atoms with Gasteiger partial charge < -0.3 is 14.6 Å². The summed E-state index contributed by atoms with van der Waals surface area (Å²) in [5.41, 5.74) is 4.62. The lowest BCUT2D eigenvalue weighted by atomic mass is 9.83. The Morgan fingerprint density at radius 2 is 1.60 bits per heavy atom. The number of amides is 1. The van der Waals surface area contributed by atoms with Crippen LogP contribution < -0.4 is 5.32 Å². The van der Waals surface area contributed by atoms with Gasteiger partial charge in [-0.25, -0.2) is 0 Å². The predicted molar refractivity (Wildman–Crippen MR) is 141 cm³/mol. The van der Waals surface area contributed by atoms with E-state index in [0.29, 0.717) is 12.0 Å². The van der Waals surface area contributed by atoms with E-state index >= 15 is 0 Å². The van der Waals surface area contributed by atoms with Crippen molar-refractivity contribution < 1.29 is 9.21 Å². The number of fused-ring (bicyclic) bond motifs is 1. The summed E-state index contributed by atoms with van der Waals surface area (Å²) in [6.45, 7) is 3.60. The Hall–Kier alpha value is -2.59. The molecule has 3 fully saturated rings. The maximum atomic E-state index is 12.7. The van der Waals surface area contributed by atoms with Crippen LogP contribution in [-0.2, 0) is 0 Å². The van der Waals surface area contributed by atoms with E-state index in [0.717, 1.165) is 35.8 Å². The Morgan fingerprint density at radius 1 is 0.857 bits per heavy atom. The topological polar surface area (TPSA) is 45.5 Å². The van der Waals surface area contributed by atoms with Gasteiger partial charge in [-0.1, -0.05) is 30.3 Å². The fourth-order valence-corrected chi connectivity index (χ4v) is 6.33. The first-order valence-corrected chi connectivity index (χ1v) is 13.8. The van der Waals surface area contributed by atoms with E-state index in [-0.39, 0.29) is 5.91 Å². The molecule has 2 saturated carbocycles. The molecule has 1 aliphatic heterocycles. The molecule has 6 rings (SSSR count). The van der Waals surface area contributed by atoms with Gasteiger partial charge in [0.2, 0.25) is 0 Å². The number of piperidine rings is 1. The summed E-state index contributed by atoms with van der Waals surface area (Å²) >= 11 is 0. The number of para-hydroxylation sites is 1. The number of carbonyl (C=O) groups is 1. The van der Waals surface area contributed by atoms with E-state index in [1.807, 2.05) is 24.5 Å². The third kappa shape index (κ3) is 5.33. The molecule has 0 radical (unpaired) electrons. The monoisotopic (exact) mass is 470 g/mol. The molecule has 184 valence electrons. The van der Waals surface area contributed by atoms with Gasteiger partial charge in [0, 0.05) is 22.6 Å². The first-order valence-electron chi connectivity index (χ1n) is 13.8. The van der Waals surface area contributed by atoms with Crippen LogP contribution in [0.2, 0.25) is 0 Å². The SMILES string of the molecule is O=C(N[C@H]1CC[C@H](CCN2CCC(c3coc4ccccc34)CC2)CC1)c1ccc(C2CC2)cc1. The van der Waals surface area contributed by atoms with E-state index in [1.165, 1.54) is 81.1 Å². The zero-order valence-electron chi connectivity index (χ0n) is 20.8. The highest BCUT2D eigenvalue weighted by atomic mass is 16.3. The second kappa shape index (κ2) is 10.2. The second-order valence-electron chi connectivity index (χ2n) is 11.2. The molecule has 1 amide bonds. The quantitative estimate of drug-likeness (QED) is 0.410. The summed E-state index contributed by atoms with van der Waals surface area (Å²) in [6.07, 6.45) is 13.1. The van der Waals surface area contributed by atoms with E-state index in [2.05, 4.69) is 40.5 Å².